The Kier molecular flexibility index (Phi) is 7.18. The molecule has 0 saturated carbocycles. The van der Waals surface area contributed by atoms with E-state index in [9.17, 15) is 24.6 Å². The zero-order valence-corrected chi connectivity index (χ0v) is 18.3. The number of hydrogen-bond acceptors (Lipinski definition) is 7. The van der Waals surface area contributed by atoms with Gasteiger partial charge in [-0.15, -0.1) is 0 Å². The van der Waals surface area contributed by atoms with Crippen molar-refractivity contribution >= 4 is 12.0 Å². The predicted molar refractivity (Wildman–Crippen MR) is 109 cm³/mol. The van der Waals surface area contributed by atoms with E-state index in [0.29, 0.717) is 18.6 Å². The van der Waals surface area contributed by atoms with E-state index in [1.807, 2.05) is 0 Å². The molecule has 1 aromatic heterocycles. The summed E-state index contributed by atoms with van der Waals surface area (Å²) in [6, 6.07) is 1.19. The van der Waals surface area contributed by atoms with Crippen LogP contribution in [0.15, 0.2) is 15.3 Å². The molecule has 0 radical (unpaired) electrons. The SMILES string of the molecule is Cc1cc(=O)c(O)c(C2(CC(=O)NC[C@@H](C)O)CCN(C(=O)OC(C)(C)C)CC2)o1. The zero-order valence-electron chi connectivity index (χ0n) is 18.3. The van der Waals surface area contributed by atoms with Crippen molar-refractivity contribution in [3.05, 3.63) is 27.8 Å². The highest BCUT2D eigenvalue weighted by atomic mass is 16.6. The predicted octanol–water partition coefficient (Wildman–Crippen LogP) is 1.81. The van der Waals surface area contributed by atoms with Crippen molar-refractivity contribution in [1.29, 1.82) is 0 Å². The molecule has 0 spiro atoms. The normalized spacial score (nSPS) is 17.3. The first-order valence-corrected chi connectivity index (χ1v) is 10.1. The number of hydrogen-bond donors (Lipinski definition) is 3. The van der Waals surface area contributed by atoms with Crippen LogP contribution in [0.1, 0.15) is 58.5 Å². The van der Waals surface area contributed by atoms with Crippen LogP contribution in [0.3, 0.4) is 0 Å². The Bertz CT molecular complexity index is 831. The van der Waals surface area contributed by atoms with Gasteiger partial charge in [-0.25, -0.2) is 4.79 Å². The summed E-state index contributed by atoms with van der Waals surface area (Å²) >= 11 is 0. The van der Waals surface area contributed by atoms with E-state index in [4.69, 9.17) is 9.15 Å². The highest BCUT2D eigenvalue weighted by molar-refractivity contribution is 5.78. The van der Waals surface area contributed by atoms with Gasteiger partial charge in [0.15, 0.2) is 5.76 Å². The van der Waals surface area contributed by atoms with E-state index in [2.05, 4.69) is 5.32 Å². The summed E-state index contributed by atoms with van der Waals surface area (Å²) in [6.45, 7) is 9.14. The third-order valence-electron chi connectivity index (χ3n) is 4.99. The molecule has 30 heavy (non-hydrogen) atoms. The largest absolute Gasteiger partial charge is 0.502 e. The number of aliphatic hydroxyl groups is 1. The van der Waals surface area contributed by atoms with Crippen molar-refractivity contribution in [3.8, 4) is 5.75 Å². The first-order valence-electron chi connectivity index (χ1n) is 10.1. The van der Waals surface area contributed by atoms with Crippen LogP contribution in [0.4, 0.5) is 4.79 Å². The Morgan fingerprint density at radius 2 is 1.93 bits per heavy atom. The highest BCUT2D eigenvalue weighted by Gasteiger charge is 2.44. The average molecular weight is 424 g/mol. The first-order chi connectivity index (χ1) is 13.8. The third kappa shape index (κ3) is 5.98. The Balaban J connectivity index is 2.30. The number of likely N-dealkylation sites (tertiary alicyclic amines) is 1. The molecular formula is C21H32N2O7. The number of piperidine rings is 1. The quantitative estimate of drug-likeness (QED) is 0.657. The van der Waals surface area contributed by atoms with Crippen LogP contribution in [0.2, 0.25) is 0 Å². The lowest BCUT2D eigenvalue weighted by atomic mass is 9.72. The van der Waals surface area contributed by atoms with Crippen LogP contribution >= 0.6 is 0 Å². The number of nitrogens with zero attached hydrogens (tertiary/aromatic N) is 1. The van der Waals surface area contributed by atoms with Gasteiger partial charge in [0, 0.05) is 37.5 Å². The summed E-state index contributed by atoms with van der Waals surface area (Å²) in [5, 5.41) is 22.5. The second-order valence-corrected chi connectivity index (χ2v) is 8.98. The van der Waals surface area contributed by atoms with Crippen LogP contribution in [0.5, 0.6) is 5.75 Å². The summed E-state index contributed by atoms with van der Waals surface area (Å²) < 4.78 is 11.1. The van der Waals surface area contributed by atoms with Crippen LogP contribution in [-0.4, -0.2) is 58.5 Å². The van der Waals surface area contributed by atoms with Gasteiger partial charge in [-0.1, -0.05) is 0 Å². The topological polar surface area (TPSA) is 129 Å². The summed E-state index contributed by atoms with van der Waals surface area (Å²) in [7, 11) is 0. The fraction of sp³-hybridized carbons (Fsp3) is 0.667. The Morgan fingerprint density at radius 3 is 2.47 bits per heavy atom. The summed E-state index contributed by atoms with van der Waals surface area (Å²) in [5.74, 6) is -0.477. The number of amides is 2. The van der Waals surface area contributed by atoms with E-state index in [-0.39, 0.29) is 37.7 Å². The molecule has 1 atom stereocenters. The molecule has 1 aliphatic heterocycles. The molecule has 1 aromatic rings. The molecule has 2 amide bonds. The molecule has 0 unspecified atom stereocenters. The Morgan fingerprint density at radius 1 is 1.33 bits per heavy atom. The van der Waals surface area contributed by atoms with Crippen molar-refractivity contribution in [2.45, 2.75) is 71.0 Å². The molecule has 0 aliphatic carbocycles. The summed E-state index contributed by atoms with van der Waals surface area (Å²) in [4.78, 5) is 38.7. The number of carbonyl (C=O) groups is 2. The minimum Gasteiger partial charge on any atom is -0.502 e. The maximum absolute atomic E-state index is 12.5. The molecule has 1 aliphatic rings. The number of rotatable bonds is 5. The maximum atomic E-state index is 12.5. The van der Waals surface area contributed by atoms with Gasteiger partial charge in [-0.05, 0) is 47.5 Å². The van der Waals surface area contributed by atoms with E-state index in [1.165, 1.54) is 6.07 Å². The van der Waals surface area contributed by atoms with Gasteiger partial charge in [0.25, 0.3) is 0 Å². The van der Waals surface area contributed by atoms with Crippen LogP contribution in [0.25, 0.3) is 0 Å². The standard InChI is InChI=1S/C21H32N2O7/c1-13(24)12-22-16(26)11-21(18-17(27)15(25)10-14(2)29-18)6-8-23(9-7-21)19(28)30-20(3,4)5/h10,13,24,27H,6-9,11-12H2,1-5H3,(H,22,26)/t13-/m1/s1. The van der Waals surface area contributed by atoms with Gasteiger partial charge in [-0.3, -0.25) is 9.59 Å². The lowest BCUT2D eigenvalue weighted by Gasteiger charge is -2.41. The highest BCUT2D eigenvalue weighted by Crippen LogP contribution is 2.42. The Labute approximate surface area is 176 Å². The van der Waals surface area contributed by atoms with Crippen LogP contribution in [-0.2, 0) is 14.9 Å². The minimum absolute atomic E-state index is 0.0537. The smallest absolute Gasteiger partial charge is 0.410 e. The number of aromatic hydroxyl groups is 1. The van der Waals surface area contributed by atoms with Crippen LogP contribution in [0, 0.1) is 6.92 Å². The zero-order chi connectivity index (χ0) is 22.7. The average Bonchev–Trinajstić information content (AvgIpc) is 2.62. The fourth-order valence-electron chi connectivity index (χ4n) is 3.52. The molecule has 2 heterocycles. The van der Waals surface area contributed by atoms with Gasteiger partial charge in [0.2, 0.25) is 17.1 Å². The first kappa shape index (κ1) is 23.7. The molecule has 0 bridgehead atoms. The van der Waals surface area contributed by atoms with Gasteiger partial charge in [0.05, 0.1) is 6.10 Å². The van der Waals surface area contributed by atoms with Gasteiger partial charge in [-0.2, -0.15) is 0 Å². The lowest BCUT2D eigenvalue weighted by molar-refractivity contribution is -0.123. The second-order valence-electron chi connectivity index (χ2n) is 8.98. The molecule has 0 aromatic carbocycles. The number of carbonyl (C=O) groups excluding carboxylic acids is 2. The summed E-state index contributed by atoms with van der Waals surface area (Å²) in [5.41, 5.74) is -2.17. The number of aryl methyl sites for hydroxylation is 1. The third-order valence-corrected chi connectivity index (χ3v) is 4.99. The Hall–Kier alpha value is -2.55. The van der Waals surface area contributed by atoms with E-state index in [0.717, 1.165) is 0 Å². The van der Waals surface area contributed by atoms with E-state index >= 15 is 0 Å². The van der Waals surface area contributed by atoms with Gasteiger partial charge >= 0.3 is 6.09 Å². The molecule has 3 N–H and O–H groups in total. The van der Waals surface area contributed by atoms with Crippen LogP contribution < -0.4 is 10.7 Å². The number of ether oxygens (including phenoxy) is 1. The van der Waals surface area contributed by atoms with E-state index in [1.54, 1.807) is 39.5 Å². The van der Waals surface area contributed by atoms with Gasteiger partial charge < -0.3 is 29.6 Å². The molecular weight excluding hydrogens is 392 g/mol. The number of nitrogens with one attached hydrogen (secondary N) is 1. The fourth-order valence-corrected chi connectivity index (χ4v) is 3.52. The monoisotopic (exact) mass is 424 g/mol. The maximum Gasteiger partial charge on any atom is 0.410 e. The van der Waals surface area contributed by atoms with Crippen molar-refractivity contribution in [3.63, 3.8) is 0 Å². The molecule has 1 saturated heterocycles. The van der Waals surface area contributed by atoms with Crippen molar-refractivity contribution in [2.75, 3.05) is 19.6 Å². The molecule has 1 fully saturated rings. The van der Waals surface area contributed by atoms with Crippen molar-refractivity contribution in [2.24, 2.45) is 0 Å². The second kappa shape index (κ2) is 9.07. The molecule has 9 nitrogen and oxygen atoms in total. The van der Waals surface area contributed by atoms with Gasteiger partial charge in [0.1, 0.15) is 11.4 Å². The molecule has 2 rings (SSSR count). The lowest BCUT2D eigenvalue weighted by Crippen LogP contribution is -2.49. The van der Waals surface area contributed by atoms with E-state index < -0.39 is 34.4 Å². The number of aliphatic hydroxyl groups excluding tert-OH is 1. The van der Waals surface area contributed by atoms with Crippen molar-refractivity contribution in [1.82, 2.24) is 10.2 Å². The summed E-state index contributed by atoms with van der Waals surface area (Å²) in [6.07, 6.45) is -0.612. The molecule has 9 heteroatoms. The van der Waals surface area contributed by atoms with Crippen molar-refractivity contribution < 1.29 is 29.0 Å². The molecule has 168 valence electrons. The minimum atomic E-state index is -0.962.